The number of ether oxygens (including phenoxy) is 1. The zero-order valence-corrected chi connectivity index (χ0v) is 12.7. The molecule has 1 aliphatic rings. The summed E-state index contributed by atoms with van der Waals surface area (Å²) < 4.78 is 5.16. The lowest BCUT2D eigenvalue weighted by Gasteiger charge is -2.37. The topological polar surface area (TPSA) is 32.7 Å². The summed E-state index contributed by atoms with van der Waals surface area (Å²) in [5.41, 5.74) is 0.978. The molecule has 1 fully saturated rings. The van der Waals surface area contributed by atoms with Crippen LogP contribution < -0.4 is 4.74 Å². The van der Waals surface area contributed by atoms with Crippen LogP contribution in [0.1, 0.15) is 50.7 Å². The molecule has 1 aromatic rings. The van der Waals surface area contributed by atoms with E-state index in [1.807, 2.05) is 24.3 Å². The van der Waals surface area contributed by atoms with E-state index in [0.29, 0.717) is 6.04 Å². The van der Waals surface area contributed by atoms with Crippen LogP contribution in [0.5, 0.6) is 5.75 Å². The Morgan fingerprint density at radius 3 is 2.70 bits per heavy atom. The predicted octanol–water partition coefficient (Wildman–Crippen LogP) is 3.38. The van der Waals surface area contributed by atoms with E-state index in [0.717, 1.165) is 24.4 Å². The van der Waals surface area contributed by atoms with Gasteiger partial charge in [0.1, 0.15) is 5.75 Å². The third-order valence-corrected chi connectivity index (χ3v) is 4.28. The van der Waals surface area contributed by atoms with Gasteiger partial charge in [-0.1, -0.05) is 31.9 Å². The average Bonchev–Trinajstić information content (AvgIpc) is 2.49. The first-order chi connectivity index (χ1) is 9.74. The maximum absolute atomic E-state index is 10.4. The van der Waals surface area contributed by atoms with E-state index in [1.54, 1.807) is 7.11 Å². The van der Waals surface area contributed by atoms with E-state index in [-0.39, 0.29) is 0 Å². The number of hydrogen-bond donors (Lipinski definition) is 1. The van der Waals surface area contributed by atoms with Gasteiger partial charge in [-0.15, -0.1) is 0 Å². The van der Waals surface area contributed by atoms with E-state index in [2.05, 4.69) is 11.8 Å². The van der Waals surface area contributed by atoms with Gasteiger partial charge in [-0.2, -0.15) is 0 Å². The van der Waals surface area contributed by atoms with Crippen molar-refractivity contribution in [3.8, 4) is 5.75 Å². The molecule has 1 N–H and O–H groups in total. The Hall–Kier alpha value is -1.06. The number of likely N-dealkylation sites (tertiary alicyclic amines) is 1. The molecule has 0 radical (unpaired) electrons. The first-order valence-electron chi connectivity index (χ1n) is 7.80. The Morgan fingerprint density at radius 1 is 1.30 bits per heavy atom. The molecular formula is C17H27NO2. The molecule has 1 saturated heterocycles. The van der Waals surface area contributed by atoms with Crippen LogP contribution in [-0.2, 0) is 0 Å². The third-order valence-electron chi connectivity index (χ3n) is 4.28. The molecule has 0 spiro atoms. The van der Waals surface area contributed by atoms with Crippen molar-refractivity contribution in [2.75, 3.05) is 20.2 Å². The summed E-state index contributed by atoms with van der Waals surface area (Å²) in [5.74, 6) is 0.836. The molecule has 0 aromatic heterocycles. The Labute approximate surface area is 122 Å². The summed E-state index contributed by atoms with van der Waals surface area (Å²) >= 11 is 0. The van der Waals surface area contributed by atoms with Gasteiger partial charge in [0.05, 0.1) is 13.2 Å². The summed E-state index contributed by atoms with van der Waals surface area (Å²) in [5, 5.41) is 10.4. The van der Waals surface area contributed by atoms with E-state index >= 15 is 0 Å². The quantitative estimate of drug-likeness (QED) is 0.865. The highest BCUT2D eigenvalue weighted by Gasteiger charge is 2.24. The van der Waals surface area contributed by atoms with Crippen molar-refractivity contribution in [1.29, 1.82) is 0 Å². The van der Waals surface area contributed by atoms with E-state index in [9.17, 15) is 5.11 Å². The van der Waals surface area contributed by atoms with Crippen molar-refractivity contribution in [2.24, 2.45) is 0 Å². The number of aliphatic hydroxyl groups excluding tert-OH is 1. The van der Waals surface area contributed by atoms with Gasteiger partial charge in [0.25, 0.3) is 0 Å². The summed E-state index contributed by atoms with van der Waals surface area (Å²) in [6.07, 6.45) is 5.94. The van der Waals surface area contributed by atoms with Crippen LogP contribution in [0.4, 0.5) is 0 Å². The minimum atomic E-state index is -0.404. The third kappa shape index (κ3) is 3.97. The number of piperidine rings is 1. The van der Waals surface area contributed by atoms with Gasteiger partial charge in [0.15, 0.2) is 0 Å². The molecule has 2 unspecified atom stereocenters. The highest BCUT2D eigenvalue weighted by Crippen LogP contribution is 2.25. The van der Waals surface area contributed by atoms with Crippen molar-refractivity contribution < 1.29 is 9.84 Å². The number of nitrogens with zero attached hydrogens (tertiary/aromatic N) is 1. The van der Waals surface area contributed by atoms with Crippen LogP contribution in [0.15, 0.2) is 24.3 Å². The van der Waals surface area contributed by atoms with Crippen LogP contribution in [-0.4, -0.2) is 36.2 Å². The molecule has 3 heteroatoms. The molecule has 2 atom stereocenters. The van der Waals surface area contributed by atoms with Crippen LogP contribution in [0.2, 0.25) is 0 Å². The van der Waals surface area contributed by atoms with Gasteiger partial charge in [0, 0.05) is 12.6 Å². The van der Waals surface area contributed by atoms with Crippen LogP contribution in [0.3, 0.4) is 0 Å². The normalized spacial score (nSPS) is 21.6. The van der Waals surface area contributed by atoms with Crippen LogP contribution in [0, 0.1) is 0 Å². The maximum atomic E-state index is 10.4. The lowest BCUT2D eigenvalue weighted by atomic mass is 9.97. The molecule has 1 aromatic carbocycles. The van der Waals surface area contributed by atoms with Crippen molar-refractivity contribution in [3.63, 3.8) is 0 Å². The van der Waals surface area contributed by atoms with Gasteiger partial charge in [-0.25, -0.2) is 0 Å². The van der Waals surface area contributed by atoms with Crippen molar-refractivity contribution >= 4 is 0 Å². The second-order valence-corrected chi connectivity index (χ2v) is 5.72. The largest absolute Gasteiger partial charge is 0.497 e. The molecule has 0 amide bonds. The molecular weight excluding hydrogens is 250 g/mol. The van der Waals surface area contributed by atoms with Crippen molar-refractivity contribution in [1.82, 2.24) is 4.90 Å². The Kier molecular flexibility index (Phi) is 5.86. The fourth-order valence-electron chi connectivity index (χ4n) is 3.11. The number of methoxy groups -OCH3 is 1. The van der Waals surface area contributed by atoms with E-state index in [4.69, 9.17) is 4.74 Å². The number of β-amino-alcohol motifs (C(OH)–C–C–N with tert-alkyl or cyclic N) is 1. The van der Waals surface area contributed by atoms with E-state index < -0.39 is 6.10 Å². The predicted molar refractivity (Wildman–Crippen MR) is 82.1 cm³/mol. The lowest BCUT2D eigenvalue weighted by Crippen LogP contribution is -2.41. The highest BCUT2D eigenvalue weighted by atomic mass is 16.5. The number of rotatable bonds is 6. The molecule has 1 heterocycles. The number of hydrogen-bond acceptors (Lipinski definition) is 3. The molecule has 0 aliphatic carbocycles. The molecule has 2 rings (SSSR count). The Morgan fingerprint density at radius 2 is 2.05 bits per heavy atom. The SMILES string of the molecule is CCCC1CCCCN1CC(O)c1ccc(OC)cc1. The van der Waals surface area contributed by atoms with Gasteiger partial charge in [0.2, 0.25) is 0 Å². The molecule has 112 valence electrons. The van der Waals surface area contributed by atoms with Crippen LogP contribution >= 0.6 is 0 Å². The zero-order valence-electron chi connectivity index (χ0n) is 12.7. The number of benzene rings is 1. The fourth-order valence-corrected chi connectivity index (χ4v) is 3.11. The monoisotopic (exact) mass is 277 g/mol. The minimum Gasteiger partial charge on any atom is -0.497 e. The maximum Gasteiger partial charge on any atom is 0.118 e. The van der Waals surface area contributed by atoms with Crippen molar-refractivity contribution in [3.05, 3.63) is 29.8 Å². The van der Waals surface area contributed by atoms with Crippen LogP contribution in [0.25, 0.3) is 0 Å². The second-order valence-electron chi connectivity index (χ2n) is 5.72. The number of aliphatic hydroxyl groups is 1. The molecule has 0 saturated carbocycles. The summed E-state index contributed by atoms with van der Waals surface area (Å²) in [6, 6.07) is 8.41. The smallest absolute Gasteiger partial charge is 0.118 e. The van der Waals surface area contributed by atoms with Gasteiger partial charge in [-0.05, 0) is 43.5 Å². The Balaban J connectivity index is 1.95. The van der Waals surface area contributed by atoms with E-state index in [1.165, 1.54) is 32.1 Å². The van der Waals surface area contributed by atoms with Gasteiger partial charge < -0.3 is 9.84 Å². The zero-order chi connectivity index (χ0) is 14.4. The molecule has 0 bridgehead atoms. The standard InChI is InChI=1S/C17H27NO2/c1-3-6-15-7-4-5-12-18(15)13-17(19)14-8-10-16(20-2)11-9-14/h8-11,15,17,19H,3-7,12-13H2,1-2H3. The minimum absolute atomic E-state index is 0.404. The fraction of sp³-hybridized carbons (Fsp3) is 0.647. The lowest BCUT2D eigenvalue weighted by molar-refractivity contribution is 0.0635. The van der Waals surface area contributed by atoms with Gasteiger partial charge in [-0.3, -0.25) is 4.90 Å². The van der Waals surface area contributed by atoms with Gasteiger partial charge >= 0.3 is 0 Å². The molecule has 20 heavy (non-hydrogen) atoms. The first-order valence-corrected chi connectivity index (χ1v) is 7.80. The average molecular weight is 277 g/mol. The molecule has 1 aliphatic heterocycles. The second kappa shape index (κ2) is 7.65. The summed E-state index contributed by atoms with van der Waals surface area (Å²) in [4.78, 5) is 2.47. The highest BCUT2D eigenvalue weighted by molar-refractivity contribution is 5.28. The summed E-state index contributed by atoms with van der Waals surface area (Å²) in [6.45, 7) is 4.11. The summed E-state index contributed by atoms with van der Waals surface area (Å²) in [7, 11) is 1.66. The first kappa shape index (κ1) is 15.3. The van der Waals surface area contributed by atoms with Crippen molar-refractivity contribution in [2.45, 2.75) is 51.2 Å². The Bertz CT molecular complexity index is 388. The molecule has 3 nitrogen and oxygen atoms in total.